The molecule has 1 saturated heterocycles. The van der Waals surface area contributed by atoms with Crippen LogP contribution >= 0.6 is 22.9 Å². The van der Waals surface area contributed by atoms with Crippen LogP contribution in [0.3, 0.4) is 0 Å². The Kier molecular flexibility index (Phi) is 8.53. The molecule has 0 spiro atoms. The molecule has 2 aromatic rings. The number of carbonyl (C=O) groups excluding carboxylic acids is 3. The second-order valence-corrected chi connectivity index (χ2v) is 9.09. The highest BCUT2D eigenvalue weighted by Gasteiger charge is 2.35. The molecule has 0 saturated carbocycles. The molecule has 4 amide bonds. The SMILES string of the molecule is CCN(CC)C(=O)C(NC(=O)c1cccs1)C1CCN(C(=O)Nc2cccc(Cl)c2)CC1. The zero-order valence-electron chi connectivity index (χ0n) is 18.3. The van der Waals surface area contributed by atoms with E-state index in [-0.39, 0.29) is 23.8 Å². The number of halogens is 1. The van der Waals surface area contributed by atoms with E-state index in [0.717, 1.165) is 0 Å². The predicted octanol–water partition coefficient (Wildman–Crippen LogP) is 4.31. The van der Waals surface area contributed by atoms with Gasteiger partial charge in [0.1, 0.15) is 6.04 Å². The lowest BCUT2D eigenvalue weighted by Crippen LogP contribution is -2.55. The summed E-state index contributed by atoms with van der Waals surface area (Å²) in [5.74, 6) is -0.337. The highest BCUT2D eigenvalue weighted by atomic mass is 35.5. The number of thiophene rings is 1. The van der Waals surface area contributed by atoms with E-state index in [1.807, 2.05) is 25.3 Å². The van der Waals surface area contributed by atoms with Crippen molar-refractivity contribution in [2.24, 2.45) is 5.92 Å². The van der Waals surface area contributed by atoms with Gasteiger partial charge < -0.3 is 20.4 Å². The van der Waals surface area contributed by atoms with Gasteiger partial charge in [-0.25, -0.2) is 4.79 Å². The van der Waals surface area contributed by atoms with E-state index in [4.69, 9.17) is 11.6 Å². The lowest BCUT2D eigenvalue weighted by atomic mass is 9.88. The van der Waals surface area contributed by atoms with Crippen molar-refractivity contribution in [1.82, 2.24) is 15.1 Å². The van der Waals surface area contributed by atoms with Gasteiger partial charge in [0.15, 0.2) is 0 Å². The van der Waals surface area contributed by atoms with E-state index in [9.17, 15) is 14.4 Å². The van der Waals surface area contributed by atoms with Crippen LogP contribution in [0.5, 0.6) is 0 Å². The van der Waals surface area contributed by atoms with E-state index >= 15 is 0 Å². The maximum atomic E-state index is 13.2. The molecule has 32 heavy (non-hydrogen) atoms. The van der Waals surface area contributed by atoms with Gasteiger partial charge in [0.05, 0.1) is 4.88 Å². The number of nitrogens with zero attached hydrogens (tertiary/aromatic N) is 2. The quantitative estimate of drug-likeness (QED) is 0.624. The van der Waals surface area contributed by atoms with Crippen molar-refractivity contribution in [3.63, 3.8) is 0 Å². The molecular formula is C23H29ClN4O3S. The first kappa shape index (κ1) is 24.1. The van der Waals surface area contributed by atoms with Gasteiger partial charge in [0, 0.05) is 36.9 Å². The first-order valence-corrected chi connectivity index (χ1v) is 12.1. The molecule has 172 valence electrons. The van der Waals surface area contributed by atoms with Gasteiger partial charge in [-0.1, -0.05) is 23.7 Å². The molecule has 1 aromatic carbocycles. The Balaban J connectivity index is 1.65. The van der Waals surface area contributed by atoms with Crippen LogP contribution in [0, 0.1) is 5.92 Å². The first-order chi connectivity index (χ1) is 15.4. The third-order valence-corrected chi connectivity index (χ3v) is 6.85. The normalized spacial score (nSPS) is 15.2. The molecule has 0 bridgehead atoms. The average Bonchev–Trinajstić information content (AvgIpc) is 3.33. The van der Waals surface area contributed by atoms with Gasteiger partial charge in [0.25, 0.3) is 5.91 Å². The molecule has 1 aliphatic heterocycles. The number of hydrogen-bond donors (Lipinski definition) is 2. The van der Waals surface area contributed by atoms with Gasteiger partial charge in [-0.05, 0) is 62.3 Å². The topological polar surface area (TPSA) is 81.8 Å². The number of rotatable bonds is 7. The summed E-state index contributed by atoms with van der Waals surface area (Å²) < 4.78 is 0. The van der Waals surface area contributed by atoms with Crippen molar-refractivity contribution in [2.45, 2.75) is 32.7 Å². The number of piperidine rings is 1. The molecule has 9 heteroatoms. The van der Waals surface area contributed by atoms with Gasteiger partial charge in [-0.2, -0.15) is 0 Å². The molecule has 1 aliphatic rings. The van der Waals surface area contributed by atoms with Gasteiger partial charge in [0.2, 0.25) is 5.91 Å². The van der Waals surface area contributed by atoms with Crippen LogP contribution in [0.1, 0.15) is 36.4 Å². The summed E-state index contributed by atoms with van der Waals surface area (Å²) in [5, 5.41) is 8.24. The van der Waals surface area contributed by atoms with E-state index in [2.05, 4.69) is 10.6 Å². The number of amides is 4. The fourth-order valence-corrected chi connectivity index (χ4v) is 4.76. The summed E-state index contributed by atoms with van der Waals surface area (Å²) in [7, 11) is 0. The second kappa shape index (κ2) is 11.3. The minimum absolute atomic E-state index is 0.0396. The summed E-state index contributed by atoms with van der Waals surface area (Å²) in [6.07, 6.45) is 1.26. The summed E-state index contributed by atoms with van der Waals surface area (Å²) in [5.41, 5.74) is 0.641. The van der Waals surface area contributed by atoms with Crippen LogP contribution in [0.4, 0.5) is 10.5 Å². The Morgan fingerprint density at radius 3 is 2.47 bits per heavy atom. The summed E-state index contributed by atoms with van der Waals surface area (Å²) >= 11 is 7.34. The third-order valence-electron chi connectivity index (χ3n) is 5.75. The van der Waals surface area contributed by atoms with Crippen LogP contribution in [0.25, 0.3) is 0 Å². The minimum Gasteiger partial charge on any atom is -0.341 e. The fraction of sp³-hybridized carbons (Fsp3) is 0.435. The third kappa shape index (κ3) is 6.01. The van der Waals surface area contributed by atoms with Crippen LogP contribution in [-0.4, -0.2) is 59.9 Å². The molecule has 1 unspecified atom stereocenters. The molecule has 1 fully saturated rings. The van der Waals surface area contributed by atoms with E-state index in [1.165, 1.54) is 11.3 Å². The smallest absolute Gasteiger partial charge is 0.321 e. The molecule has 0 radical (unpaired) electrons. The van der Waals surface area contributed by atoms with E-state index < -0.39 is 6.04 Å². The number of likely N-dealkylation sites (N-methyl/N-ethyl adjacent to an activating group) is 1. The second-order valence-electron chi connectivity index (χ2n) is 7.70. The van der Waals surface area contributed by atoms with Crippen molar-refractivity contribution in [3.8, 4) is 0 Å². The molecule has 2 N–H and O–H groups in total. The molecule has 3 rings (SSSR count). The predicted molar refractivity (Wildman–Crippen MR) is 128 cm³/mol. The Morgan fingerprint density at radius 1 is 1.16 bits per heavy atom. The number of benzene rings is 1. The highest BCUT2D eigenvalue weighted by molar-refractivity contribution is 7.12. The number of hydrogen-bond acceptors (Lipinski definition) is 4. The first-order valence-electron chi connectivity index (χ1n) is 10.9. The Labute approximate surface area is 197 Å². The minimum atomic E-state index is -0.609. The van der Waals surface area contributed by atoms with Gasteiger partial charge >= 0.3 is 6.03 Å². The molecule has 2 heterocycles. The van der Waals surface area contributed by atoms with E-state index in [0.29, 0.717) is 54.6 Å². The van der Waals surface area contributed by atoms with Crippen molar-refractivity contribution >= 4 is 46.5 Å². The number of anilines is 1. The zero-order chi connectivity index (χ0) is 23.1. The van der Waals surface area contributed by atoms with Crippen molar-refractivity contribution in [3.05, 3.63) is 51.7 Å². The van der Waals surface area contributed by atoms with E-state index in [1.54, 1.807) is 40.1 Å². The van der Waals surface area contributed by atoms with Crippen LogP contribution < -0.4 is 10.6 Å². The van der Waals surface area contributed by atoms with Crippen molar-refractivity contribution in [1.29, 1.82) is 0 Å². The monoisotopic (exact) mass is 476 g/mol. The van der Waals surface area contributed by atoms with Crippen molar-refractivity contribution in [2.75, 3.05) is 31.5 Å². The average molecular weight is 477 g/mol. The lowest BCUT2D eigenvalue weighted by molar-refractivity contribution is -0.134. The molecule has 1 aromatic heterocycles. The van der Waals surface area contributed by atoms with Crippen LogP contribution in [-0.2, 0) is 4.79 Å². The summed E-state index contributed by atoms with van der Waals surface area (Å²) in [6, 6.07) is 9.78. The van der Waals surface area contributed by atoms with Crippen molar-refractivity contribution < 1.29 is 14.4 Å². The largest absolute Gasteiger partial charge is 0.341 e. The molecular weight excluding hydrogens is 448 g/mol. The number of urea groups is 1. The standard InChI is InChI=1S/C23H29ClN4O3S/c1-3-27(4-2)22(30)20(26-21(29)19-9-6-14-32-19)16-10-12-28(13-11-16)23(31)25-18-8-5-7-17(24)15-18/h5-9,14-16,20H,3-4,10-13H2,1-2H3,(H,25,31)(H,26,29). The Hall–Kier alpha value is -2.58. The summed E-state index contributed by atoms with van der Waals surface area (Å²) in [4.78, 5) is 42.6. The maximum absolute atomic E-state index is 13.2. The summed E-state index contributed by atoms with van der Waals surface area (Å²) in [6.45, 7) is 6.05. The van der Waals surface area contributed by atoms with Gasteiger partial charge in [-0.15, -0.1) is 11.3 Å². The lowest BCUT2D eigenvalue weighted by Gasteiger charge is -2.37. The zero-order valence-corrected chi connectivity index (χ0v) is 19.9. The number of carbonyl (C=O) groups is 3. The molecule has 0 aliphatic carbocycles. The molecule has 1 atom stereocenters. The van der Waals surface area contributed by atoms with Crippen LogP contribution in [0.2, 0.25) is 5.02 Å². The Bertz CT molecular complexity index is 925. The van der Waals surface area contributed by atoms with Gasteiger partial charge in [-0.3, -0.25) is 9.59 Å². The number of likely N-dealkylation sites (tertiary alicyclic amines) is 1. The number of nitrogens with one attached hydrogen (secondary N) is 2. The fourth-order valence-electron chi connectivity index (χ4n) is 3.94. The maximum Gasteiger partial charge on any atom is 0.321 e. The highest BCUT2D eigenvalue weighted by Crippen LogP contribution is 2.24. The Morgan fingerprint density at radius 2 is 1.88 bits per heavy atom. The van der Waals surface area contributed by atoms with Crippen LogP contribution in [0.15, 0.2) is 41.8 Å². The molecule has 7 nitrogen and oxygen atoms in total.